The first kappa shape index (κ1) is 47.6. The highest BCUT2D eigenvalue weighted by Crippen LogP contribution is 2.38. The topological polar surface area (TPSA) is 102 Å². The van der Waals surface area contributed by atoms with Crippen LogP contribution in [0.15, 0.2) is 97.1 Å². The van der Waals surface area contributed by atoms with Gasteiger partial charge in [0, 0.05) is 22.1 Å². The van der Waals surface area contributed by atoms with Gasteiger partial charge in [0.05, 0.1) is 33.0 Å². The summed E-state index contributed by atoms with van der Waals surface area (Å²) in [5.41, 5.74) is 9.24. The van der Waals surface area contributed by atoms with Gasteiger partial charge in [-0.05, 0) is 140 Å². The number of hydrogen-bond donors (Lipinski definition) is 2. The zero-order valence-corrected chi connectivity index (χ0v) is 36.5. The Morgan fingerprint density at radius 1 is 0.633 bits per heavy atom. The molecule has 8 heteroatoms. The van der Waals surface area contributed by atoms with E-state index in [4.69, 9.17) is 14.2 Å². The van der Waals surface area contributed by atoms with Crippen LogP contribution in [0.4, 0.5) is 4.39 Å². The highest BCUT2D eigenvalue weighted by atomic mass is 19.1. The minimum Gasteiger partial charge on any atom is -0.493 e. The van der Waals surface area contributed by atoms with E-state index in [2.05, 4.69) is 69.5 Å². The van der Waals surface area contributed by atoms with Crippen molar-refractivity contribution in [1.82, 2.24) is 0 Å². The second-order valence-electron chi connectivity index (χ2n) is 16.0. The van der Waals surface area contributed by atoms with Crippen molar-refractivity contribution in [2.24, 2.45) is 5.41 Å². The summed E-state index contributed by atoms with van der Waals surface area (Å²) in [5, 5.41) is 20.2. The number of halogens is 1. The largest absolute Gasteiger partial charge is 0.493 e. The van der Waals surface area contributed by atoms with Crippen molar-refractivity contribution in [3.05, 3.63) is 125 Å². The molecule has 0 aromatic heterocycles. The summed E-state index contributed by atoms with van der Waals surface area (Å²) >= 11 is 0. The predicted molar refractivity (Wildman–Crippen MR) is 241 cm³/mol. The molecule has 0 unspecified atom stereocenters. The molecule has 0 aliphatic rings. The maximum Gasteiger partial charge on any atom is 0.333 e. The molecule has 7 nitrogen and oxygen atoms in total. The molecule has 0 aliphatic carbocycles. The van der Waals surface area contributed by atoms with Crippen LogP contribution in [0.3, 0.4) is 0 Å². The van der Waals surface area contributed by atoms with Gasteiger partial charge in [0.1, 0.15) is 11.6 Å². The number of hydrogen-bond acceptors (Lipinski definition) is 7. The summed E-state index contributed by atoms with van der Waals surface area (Å²) < 4.78 is 33.4. The summed E-state index contributed by atoms with van der Waals surface area (Å²) in [4.78, 5) is 24.3. The lowest BCUT2D eigenvalue weighted by atomic mass is 9.84. The molecule has 0 atom stereocenters. The van der Waals surface area contributed by atoms with Crippen LogP contribution >= 0.6 is 0 Å². The minimum absolute atomic E-state index is 0.166. The first-order valence-electron chi connectivity index (χ1n) is 21.6. The molecule has 0 radical (unpaired) electrons. The lowest BCUT2D eigenvalue weighted by molar-refractivity contribution is -0.139. The molecule has 0 aliphatic heterocycles. The third-order valence-electron chi connectivity index (χ3n) is 11.3. The number of aryl methyl sites for hydroxylation is 4. The van der Waals surface area contributed by atoms with E-state index in [1.54, 1.807) is 19.9 Å². The predicted octanol–water partition coefficient (Wildman–Crippen LogP) is 11.4. The maximum absolute atomic E-state index is 15.9. The molecule has 4 aromatic rings. The molecule has 0 fully saturated rings. The number of carbonyl (C=O) groups is 2. The van der Waals surface area contributed by atoms with Crippen molar-refractivity contribution >= 4 is 11.9 Å². The van der Waals surface area contributed by atoms with Crippen molar-refractivity contribution in [2.75, 3.05) is 33.0 Å². The molecule has 322 valence electrons. The summed E-state index contributed by atoms with van der Waals surface area (Å²) in [5.74, 6) is -0.492. The van der Waals surface area contributed by atoms with Gasteiger partial charge in [-0.25, -0.2) is 14.0 Å². The molecule has 0 spiro atoms. The number of carbonyl (C=O) groups excluding carboxylic acids is 2. The Morgan fingerprint density at radius 2 is 1.18 bits per heavy atom. The molecular formula is C52H65FO7. The van der Waals surface area contributed by atoms with Gasteiger partial charge >= 0.3 is 11.9 Å². The van der Waals surface area contributed by atoms with E-state index in [0.717, 1.165) is 50.9 Å². The van der Waals surface area contributed by atoms with E-state index in [1.807, 2.05) is 31.2 Å². The van der Waals surface area contributed by atoms with Crippen LogP contribution in [0, 0.1) is 11.2 Å². The zero-order chi connectivity index (χ0) is 43.7. The van der Waals surface area contributed by atoms with Crippen LogP contribution in [0.5, 0.6) is 5.75 Å². The average molecular weight is 821 g/mol. The highest BCUT2D eigenvalue weighted by molar-refractivity contribution is 5.87. The Balaban J connectivity index is 1.71. The minimum atomic E-state index is -0.676. The molecule has 4 aromatic carbocycles. The van der Waals surface area contributed by atoms with E-state index in [-0.39, 0.29) is 38.9 Å². The number of rotatable bonds is 25. The van der Waals surface area contributed by atoms with Crippen molar-refractivity contribution in [2.45, 2.75) is 105 Å². The van der Waals surface area contributed by atoms with Crippen LogP contribution < -0.4 is 4.74 Å². The Morgan fingerprint density at radius 3 is 1.70 bits per heavy atom. The number of esters is 2. The van der Waals surface area contributed by atoms with Gasteiger partial charge in [-0.1, -0.05) is 101 Å². The van der Waals surface area contributed by atoms with Gasteiger partial charge < -0.3 is 24.4 Å². The van der Waals surface area contributed by atoms with Crippen molar-refractivity contribution < 1.29 is 38.4 Å². The molecule has 0 saturated carbocycles. The molecular weight excluding hydrogens is 756 g/mol. The monoisotopic (exact) mass is 820 g/mol. The lowest BCUT2D eigenvalue weighted by Gasteiger charge is -2.28. The van der Waals surface area contributed by atoms with E-state index in [9.17, 15) is 19.8 Å². The molecule has 0 bridgehead atoms. The fourth-order valence-corrected chi connectivity index (χ4v) is 7.25. The van der Waals surface area contributed by atoms with Crippen LogP contribution in [-0.4, -0.2) is 55.2 Å². The number of unbranched alkanes of at least 4 members (excludes halogenated alkanes) is 2. The van der Waals surface area contributed by atoms with Gasteiger partial charge in [-0.3, -0.25) is 0 Å². The second-order valence-corrected chi connectivity index (χ2v) is 16.0. The Labute approximate surface area is 357 Å². The van der Waals surface area contributed by atoms with Crippen LogP contribution in [0.1, 0.15) is 102 Å². The molecule has 2 N–H and O–H groups in total. The normalized spacial score (nSPS) is 11.3. The van der Waals surface area contributed by atoms with Crippen LogP contribution in [0.25, 0.3) is 33.4 Å². The molecule has 60 heavy (non-hydrogen) atoms. The average Bonchev–Trinajstić information content (AvgIpc) is 3.25. The van der Waals surface area contributed by atoms with Gasteiger partial charge in [-0.15, -0.1) is 0 Å². The Bertz CT molecular complexity index is 2000. The van der Waals surface area contributed by atoms with Gasteiger partial charge in [-0.2, -0.15) is 0 Å². The van der Waals surface area contributed by atoms with Gasteiger partial charge in [0.2, 0.25) is 0 Å². The fourth-order valence-electron chi connectivity index (χ4n) is 7.25. The van der Waals surface area contributed by atoms with Crippen LogP contribution in [-0.2, 0) is 44.7 Å². The quantitative estimate of drug-likeness (QED) is 0.0390. The smallest absolute Gasteiger partial charge is 0.333 e. The van der Waals surface area contributed by atoms with E-state index in [1.165, 1.54) is 24.8 Å². The summed E-state index contributed by atoms with van der Waals surface area (Å²) in [6.45, 7) is 17.1. The Kier molecular flexibility index (Phi) is 18.8. The van der Waals surface area contributed by atoms with Crippen molar-refractivity contribution in [3.63, 3.8) is 0 Å². The summed E-state index contributed by atoms with van der Waals surface area (Å²) in [6.07, 6.45) is 8.45. The van der Waals surface area contributed by atoms with Gasteiger partial charge in [0.25, 0.3) is 0 Å². The zero-order valence-electron chi connectivity index (χ0n) is 36.5. The summed E-state index contributed by atoms with van der Waals surface area (Å²) in [6, 6.07) is 24.2. The highest BCUT2D eigenvalue weighted by Gasteiger charge is 2.27. The maximum atomic E-state index is 15.9. The number of ether oxygens (including phenoxy) is 3. The third kappa shape index (κ3) is 13.2. The molecule has 4 rings (SSSR count). The van der Waals surface area contributed by atoms with Crippen molar-refractivity contribution in [1.29, 1.82) is 0 Å². The first-order valence-corrected chi connectivity index (χ1v) is 21.6. The Hall–Kier alpha value is -5.05. The first-order chi connectivity index (χ1) is 28.9. The van der Waals surface area contributed by atoms with E-state index < -0.39 is 17.4 Å². The van der Waals surface area contributed by atoms with Crippen LogP contribution in [0.2, 0.25) is 0 Å². The number of benzene rings is 4. The van der Waals surface area contributed by atoms with Crippen molar-refractivity contribution in [3.8, 4) is 39.1 Å². The SMILES string of the molecule is C=C(C)C(=O)OCCCc1cc(-c2ccc(-c3ccc(-c4ccc(CCCCC)cc4)cc3F)cc2CC)cc(CCCOC(=O)C(=C)C)c1OCCC(CC)(CO)CO. The second kappa shape index (κ2) is 23.7. The molecule has 0 heterocycles. The lowest BCUT2D eigenvalue weighted by Crippen LogP contribution is -2.31. The number of aliphatic hydroxyl groups is 2. The fraction of sp³-hybridized carbons (Fsp3) is 0.423. The number of aliphatic hydroxyl groups excluding tert-OH is 2. The molecule has 0 saturated heterocycles. The van der Waals surface area contributed by atoms with Gasteiger partial charge in [0.15, 0.2) is 0 Å². The van der Waals surface area contributed by atoms with E-state index >= 15 is 4.39 Å². The molecule has 0 amide bonds. The standard InChI is InChI=1S/C52H65FO7/c1-8-11-12-15-38-18-20-40(21-19-38)41-22-25-47(48(53)33-41)42-23-24-46(39(9-2)30-42)45-31-43(16-13-27-59-50(56)36(4)5)49(58-29-26-52(10-3,34-54)35-55)44(32-45)17-14-28-60-51(57)37(6)7/h18-25,30-33,54-55H,4,6,8-17,26-29,34-35H2,1-3,5,7H3. The third-order valence-corrected chi connectivity index (χ3v) is 11.3. The summed E-state index contributed by atoms with van der Waals surface area (Å²) in [7, 11) is 0. The van der Waals surface area contributed by atoms with E-state index in [0.29, 0.717) is 67.4 Å².